The lowest BCUT2D eigenvalue weighted by Gasteiger charge is -2.60. The van der Waals surface area contributed by atoms with E-state index in [4.69, 9.17) is 9.73 Å². The van der Waals surface area contributed by atoms with Crippen molar-refractivity contribution in [3.05, 3.63) is 24.0 Å². The van der Waals surface area contributed by atoms with Crippen LogP contribution in [0.3, 0.4) is 0 Å². The number of hydrogen-bond acceptors (Lipinski definition) is 2. The number of hydrogen-bond donors (Lipinski definition) is 1. The van der Waals surface area contributed by atoms with E-state index in [1.54, 1.807) is 0 Å². The molecule has 1 aliphatic carbocycles. The standard InChI is InChI=1S/C19H32N4O/c1-6-20-18(23(5)13-14-9-7-11-22(14)4)21-16-15-10-8-12-24-17(15)19(16,2)3/h7,9,11,15-17H,6,8,10,12-13H2,1-5H3,(H,20,21). The number of aliphatic imine (C=N–C) groups is 1. The van der Waals surface area contributed by atoms with Gasteiger partial charge in [-0.05, 0) is 31.9 Å². The Morgan fingerprint density at radius 1 is 1.50 bits per heavy atom. The number of nitrogens with one attached hydrogen (secondary N) is 1. The zero-order chi connectivity index (χ0) is 17.3. The summed E-state index contributed by atoms with van der Waals surface area (Å²) >= 11 is 0. The molecular weight excluding hydrogens is 300 g/mol. The summed E-state index contributed by atoms with van der Waals surface area (Å²) in [6, 6.07) is 4.69. The molecule has 1 N–H and O–H groups in total. The summed E-state index contributed by atoms with van der Waals surface area (Å²) in [5.41, 5.74) is 1.45. The van der Waals surface area contributed by atoms with Crippen molar-refractivity contribution >= 4 is 5.96 Å². The van der Waals surface area contributed by atoms with Gasteiger partial charge < -0.3 is 19.5 Å². The summed E-state index contributed by atoms with van der Waals surface area (Å²) in [7, 11) is 4.21. The molecular formula is C19H32N4O. The Balaban J connectivity index is 1.70. The van der Waals surface area contributed by atoms with E-state index in [1.807, 2.05) is 0 Å². The molecule has 134 valence electrons. The molecule has 0 amide bonds. The molecule has 0 aromatic carbocycles. The highest BCUT2D eigenvalue weighted by Crippen LogP contribution is 2.51. The molecule has 5 nitrogen and oxygen atoms in total. The van der Waals surface area contributed by atoms with Crippen LogP contribution in [0.4, 0.5) is 0 Å². The maximum Gasteiger partial charge on any atom is 0.194 e. The lowest BCUT2D eigenvalue weighted by atomic mass is 9.55. The predicted octanol–water partition coefficient (Wildman–Crippen LogP) is 2.63. The first-order chi connectivity index (χ1) is 11.4. The second-order valence-electron chi connectivity index (χ2n) is 7.81. The quantitative estimate of drug-likeness (QED) is 0.681. The van der Waals surface area contributed by atoms with Crippen molar-refractivity contribution < 1.29 is 4.74 Å². The largest absolute Gasteiger partial charge is 0.377 e. The van der Waals surface area contributed by atoms with Gasteiger partial charge in [-0.3, -0.25) is 4.99 Å². The summed E-state index contributed by atoms with van der Waals surface area (Å²) < 4.78 is 8.19. The van der Waals surface area contributed by atoms with E-state index in [0.717, 1.165) is 25.7 Å². The number of fused-ring (bicyclic) bond motifs is 1. The second-order valence-corrected chi connectivity index (χ2v) is 7.81. The van der Waals surface area contributed by atoms with Crippen molar-refractivity contribution in [1.82, 2.24) is 14.8 Å². The molecule has 3 rings (SSSR count). The van der Waals surface area contributed by atoms with Gasteiger partial charge in [0.15, 0.2) is 5.96 Å². The van der Waals surface area contributed by atoms with E-state index in [2.05, 4.69) is 68.0 Å². The minimum Gasteiger partial charge on any atom is -0.377 e. The third kappa shape index (κ3) is 3.06. The van der Waals surface area contributed by atoms with Crippen LogP contribution in [0.15, 0.2) is 23.3 Å². The fraction of sp³-hybridized carbons (Fsp3) is 0.737. The minimum absolute atomic E-state index is 0.158. The normalized spacial score (nSPS) is 28.9. The first-order valence-corrected chi connectivity index (χ1v) is 9.19. The highest BCUT2D eigenvalue weighted by Gasteiger charge is 2.58. The molecule has 0 radical (unpaired) electrons. The van der Waals surface area contributed by atoms with Crippen LogP contribution in [0, 0.1) is 11.3 Å². The van der Waals surface area contributed by atoms with E-state index < -0.39 is 0 Å². The van der Waals surface area contributed by atoms with Crippen LogP contribution in [0.1, 0.15) is 39.3 Å². The van der Waals surface area contributed by atoms with Gasteiger partial charge in [0.2, 0.25) is 0 Å². The Hall–Kier alpha value is -1.49. The van der Waals surface area contributed by atoms with Crippen LogP contribution < -0.4 is 5.32 Å². The number of aromatic nitrogens is 1. The fourth-order valence-electron chi connectivity index (χ4n) is 4.36. The average molecular weight is 332 g/mol. The predicted molar refractivity (Wildman–Crippen MR) is 98.0 cm³/mol. The summed E-state index contributed by atoms with van der Waals surface area (Å²) in [5.74, 6) is 1.61. The minimum atomic E-state index is 0.158. The number of rotatable bonds is 4. The van der Waals surface area contributed by atoms with Crippen LogP contribution in [0.2, 0.25) is 0 Å². The van der Waals surface area contributed by atoms with Crippen LogP contribution >= 0.6 is 0 Å². The van der Waals surface area contributed by atoms with E-state index in [0.29, 0.717) is 18.1 Å². The molecule has 2 fully saturated rings. The van der Waals surface area contributed by atoms with Gasteiger partial charge in [0.1, 0.15) is 0 Å². The highest BCUT2D eigenvalue weighted by atomic mass is 16.5. The van der Waals surface area contributed by atoms with Crippen LogP contribution in [0.5, 0.6) is 0 Å². The molecule has 0 spiro atoms. The Kier molecular flexibility index (Phi) is 4.90. The fourth-order valence-corrected chi connectivity index (χ4v) is 4.36. The van der Waals surface area contributed by atoms with E-state index in [9.17, 15) is 0 Å². The van der Waals surface area contributed by atoms with E-state index in [1.165, 1.54) is 18.5 Å². The number of guanidine groups is 1. The van der Waals surface area contributed by atoms with Crippen LogP contribution in [-0.4, -0.2) is 47.8 Å². The zero-order valence-corrected chi connectivity index (χ0v) is 15.7. The van der Waals surface area contributed by atoms with Gasteiger partial charge in [0.05, 0.1) is 12.6 Å². The summed E-state index contributed by atoms with van der Waals surface area (Å²) in [6.07, 6.45) is 4.91. The molecule has 1 aromatic heterocycles. The second kappa shape index (κ2) is 6.79. The SMILES string of the molecule is CCN=C(NC1C2CCCOC2C1(C)C)N(C)Cc1cccn1C. The Bertz CT molecular complexity index is 592. The van der Waals surface area contributed by atoms with E-state index >= 15 is 0 Å². The first kappa shape index (κ1) is 17.3. The number of aryl methyl sites for hydroxylation is 1. The van der Waals surface area contributed by atoms with Crippen molar-refractivity contribution in [2.75, 3.05) is 20.2 Å². The first-order valence-electron chi connectivity index (χ1n) is 9.19. The summed E-state index contributed by atoms with van der Waals surface area (Å²) in [4.78, 5) is 6.97. The van der Waals surface area contributed by atoms with Crippen molar-refractivity contribution in [3.8, 4) is 0 Å². The highest BCUT2D eigenvalue weighted by molar-refractivity contribution is 5.80. The molecule has 1 saturated heterocycles. The molecule has 2 heterocycles. The lowest BCUT2D eigenvalue weighted by molar-refractivity contribution is -0.188. The van der Waals surface area contributed by atoms with Gasteiger partial charge in [-0.2, -0.15) is 0 Å². The van der Waals surface area contributed by atoms with Crippen LogP contribution in [-0.2, 0) is 18.3 Å². The number of ether oxygens (including phenoxy) is 1. The van der Waals surface area contributed by atoms with Gasteiger partial charge in [0.25, 0.3) is 0 Å². The lowest BCUT2D eigenvalue weighted by Crippen LogP contribution is -2.71. The van der Waals surface area contributed by atoms with Crippen LogP contribution in [0.25, 0.3) is 0 Å². The molecule has 5 heteroatoms. The van der Waals surface area contributed by atoms with Crippen molar-refractivity contribution in [1.29, 1.82) is 0 Å². The topological polar surface area (TPSA) is 41.8 Å². The molecule has 1 aromatic rings. The third-order valence-electron chi connectivity index (χ3n) is 5.74. The maximum atomic E-state index is 6.03. The summed E-state index contributed by atoms with van der Waals surface area (Å²) in [6.45, 7) is 9.29. The van der Waals surface area contributed by atoms with Gasteiger partial charge in [0, 0.05) is 56.5 Å². The Labute approximate surface area is 146 Å². The van der Waals surface area contributed by atoms with Gasteiger partial charge >= 0.3 is 0 Å². The third-order valence-corrected chi connectivity index (χ3v) is 5.74. The zero-order valence-electron chi connectivity index (χ0n) is 15.7. The Morgan fingerprint density at radius 2 is 2.29 bits per heavy atom. The Morgan fingerprint density at radius 3 is 2.96 bits per heavy atom. The van der Waals surface area contributed by atoms with Gasteiger partial charge in [-0.15, -0.1) is 0 Å². The van der Waals surface area contributed by atoms with Gasteiger partial charge in [-0.25, -0.2) is 0 Å². The molecule has 0 bridgehead atoms. The molecule has 24 heavy (non-hydrogen) atoms. The molecule has 3 unspecified atom stereocenters. The number of nitrogens with zero attached hydrogens (tertiary/aromatic N) is 3. The maximum absolute atomic E-state index is 6.03. The molecule has 1 aliphatic heterocycles. The molecule has 1 saturated carbocycles. The average Bonchev–Trinajstić information content (AvgIpc) is 2.96. The molecule has 2 aliphatic rings. The van der Waals surface area contributed by atoms with Crippen molar-refractivity contribution in [3.63, 3.8) is 0 Å². The summed E-state index contributed by atoms with van der Waals surface area (Å²) in [5, 5.41) is 3.76. The smallest absolute Gasteiger partial charge is 0.194 e. The van der Waals surface area contributed by atoms with E-state index in [-0.39, 0.29) is 5.41 Å². The van der Waals surface area contributed by atoms with Gasteiger partial charge in [-0.1, -0.05) is 13.8 Å². The molecule has 3 atom stereocenters. The van der Waals surface area contributed by atoms with Crippen molar-refractivity contribution in [2.45, 2.75) is 52.3 Å². The van der Waals surface area contributed by atoms with Crippen molar-refractivity contribution in [2.24, 2.45) is 23.4 Å². The monoisotopic (exact) mass is 332 g/mol.